The quantitative estimate of drug-likeness (QED) is 0.581. The summed E-state index contributed by atoms with van der Waals surface area (Å²) in [6.45, 7) is 3.62. The SMILES string of the molecule is COc1ccccc1-c1ccc2c(c1COC(=O)c1ccccc1)NC(=O)C(C)(C)N2. The average molecular weight is 416 g/mol. The van der Waals surface area contributed by atoms with Crippen LogP contribution in [0.3, 0.4) is 0 Å². The second-order valence-corrected chi connectivity index (χ2v) is 7.86. The lowest BCUT2D eigenvalue weighted by molar-refractivity contribution is -0.119. The fourth-order valence-corrected chi connectivity index (χ4v) is 3.62. The van der Waals surface area contributed by atoms with Crippen molar-refractivity contribution in [1.29, 1.82) is 0 Å². The van der Waals surface area contributed by atoms with Crippen molar-refractivity contribution in [2.24, 2.45) is 0 Å². The van der Waals surface area contributed by atoms with Crippen molar-refractivity contribution in [3.8, 4) is 16.9 Å². The number of fused-ring (bicyclic) bond motifs is 1. The average Bonchev–Trinajstić information content (AvgIpc) is 2.78. The van der Waals surface area contributed by atoms with Crippen molar-refractivity contribution in [3.05, 3.63) is 77.9 Å². The third kappa shape index (κ3) is 3.97. The number of methoxy groups -OCH3 is 1. The van der Waals surface area contributed by atoms with E-state index in [2.05, 4.69) is 10.6 Å². The normalized spacial score (nSPS) is 14.1. The van der Waals surface area contributed by atoms with Crippen LogP contribution >= 0.6 is 0 Å². The molecule has 0 aromatic heterocycles. The van der Waals surface area contributed by atoms with Gasteiger partial charge >= 0.3 is 5.97 Å². The van der Waals surface area contributed by atoms with Gasteiger partial charge in [-0.1, -0.05) is 42.5 Å². The Morgan fingerprint density at radius 3 is 2.39 bits per heavy atom. The van der Waals surface area contributed by atoms with Gasteiger partial charge in [0, 0.05) is 11.1 Å². The van der Waals surface area contributed by atoms with Crippen LogP contribution in [0.4, 0.5) is 11.4 Å². The predicted octanol–water partition coefficient (Wildman–Crippen LogP) is 4.86. The third-order valence-electron chi connectivity index (χ3n) is 5.32. The maximum Gasteiger partial charge on any atom is 0.338 e. The van der Waals surface area contributed by atoms with Crippen molar-refractivity contribution in [1.82, 2.24) is 0 Å². The topological polar surface area (TPSA) is 76.7 Å². The summed E-state index contributed by atoms with van der Waals surface area (Å²) in [6, 6.07) is 20.3. The summed E-state index contributed by atoms with van der Waals surface area (Å²) in [4.78, 5) is 25.2. The van der Waals surface area contributed by atoms with Crippen LogP contribution in [0.2, 0.25) is 0 Å². The van der Waals surface area contributed by atoms with E-state index in [1.165, 1.54) is 0 Å². The van der Waals surface area contributed by atoms with Crippen LogP contribution in [0.1, 0.15) is 29.8 Å². The number of benzene rings is 3. The summed E-state index contributed by atoms with van der Waals surface area (Å²) in [6.07, 6.45) is 0. The smallest absolute Gasteiger partial charge is 0.338 e. The standard InChI is InChI=1S/C25H24N2O4/c1-25(2)24(29)26-22-19(15-31-23(28)16-9-5-4-6-10-16)17(13-14-20(22)27-25)18-11-7-8-12-21(18)30-3/h4-14,27H,15H2,1-3H3,(H,26,29). The van der Waals surface area contributed by atoms with E-state index in [9.17, 15) is 9.59 Å². The largest absolute Gasteiger partial charge is 0.496 e. The van der Waals surface area contributed by atoms with Crippen LogP contribution < -0.4 is 15.4 Å². The Kier molecular flexibility index (Phi) is 5.38. The monoisotopic (exact) mass is 416 g/mol. The van der Waals surface area contributed by atoms with Crippen LogP contribution in [0.15, 0.2) is 66.7 Å². The molecule has 0 bridgehead atoms. The Balaban J connectivity index is 1.78. The molecule has 0 atom stereocenters. The molecule has 1 aliphatic heterocycles. The second-order valence-electron chi connectivity index (χ2n) is 7.86. The van der Waals surface area contributed by atoms with Gasteiger partial charge in [-0.3, -0.25) is 4.79 Å². The molecular weight excluding hydrogens is 392 g/mol. The predicted molar refractivity (Wildman–Crippen MR) is 120 cm³/mol. The van der Waals surface area contributed by atoms with Gasteiger partial charge in [0.15, 0.2) is 0 Å². The number of rotatable bonds is 5. The zero-order valence-corrected chi connectivity index (χ0v) is 17.7. The van der Waals surface area contributed by atoms with Gasteiger partial charge in [0.1, 0.15) is 17.9 Å². The molecule has 0 spiro atoms. The summed E-state index contributed by atoms with van der Waals surface area (Å²) < 4.78 is 11.2. The summed E-state index contributed by atoms with van der Waals surface area (Å²) in [5, 5.41) is 6.27. The molecule has 1 amide bonds. The van der Waals surface area contributed by atoms with Crippen LogP contribution in [0.5, 0.6) is 5.75 Å². The first-order chi connectivity index (χ1) is 14.9. The Morgan fingerprint density at radius 1 is 0.935 bits per heavy atom. The summed E-state index contributed by atoms with van der Waals surface area (Å²) >= 11 is 0. The molecule has 6 heteroatoms. The highest BCUT2D eigenvalue weighted by Gasteiger charge is 2.35. The van der Waals surface area contributed by atoms with E-state index in [0.29, 0.717) is 22.6 Å². The van der Waals surface area contributed by atoms with Crippen LogP contribution in [-0.4, -0.2) is 24.5 Å². The molecule has 1 aliphatic rings. The van der Waals surface area contributed by atoms with Gasteiger partial charge < -0.3 is 20.1 Å². The lowest BCUT2D eigenvalue weighted by Gasteiger charge is -2.34. The molecule has 3 aromatic rings. The van der Waals surface area contributed by atoms with Gasteiger partial charge in [-0.15, -0.1) is 0 Å². The van der Waals surface area contributed by atoms with E-state index in [0.717, 1.165) is 16.8 Å². The van der Waals surface area contributed by atoms with Gasteiger partial charge in [0.05, 0.1) is 24.0 Å². The van der Waals surface area contributed by atoms with Crippen molar-refractivity contribution in [2.45, 2.75) is 26.0 Å². The number of ether oxygens (including phenoxy) is 2. The highest BCUT2D eigenvalue weighted by Crippen LogP contribution is 2.42. The Hall–Kier alpha value is -3.80. The Labute approximate surface area is 181 Å². The number of para-hydroxylation sites is 1. The van der Waals surface area contributed by atoms with Gasteiger partial charge in [0.25, 0.3) is 0 Å². The number of nitrogens with one attached hydrogen (secondary N) is 2. The molecule has 0 saturated carbocycles. The minimum atomic E-state index is -0.753. The molecule has 0 saturated heterocycles. The number of hydrogen-bond donors (Lipinski definition) is 2. The van der Waals surface area contributed by atoms with Gasteiger partial charge in [-0.05, 0) is 43.7 Å². The number of hydrogen-bond acceptors (Lipinski definition) is 5. The maximum atomic E-state index is 12.7. The second kappa shape index (κ2) is 8.14. The lowest BCUT2D eigenvalue weighted by Crippen LogP contribution is -2.47. The fraction of sp³-hybridized carbons (Fsp3) is 0.200. The number of carbonyl (C=O) groups excluding carboxylic acids is 2. The molecule has 0 fully saturated rings. The Morgan fingerprint density at radius 2 is 1.65 bits per heavy atom. The van der Waals surface area contributed by atoms with Crippen molar-refractivity contribution in [3.63, 3.8) is 0 Å². The third-order valence-corrected chi connectivity index (χ3v) is 5.32. The van der Waals surface area contributed by atoms with Gasteiger partial charge in [-0.25, -0.2) is 4.79 Å². The highest BCUT2D eigenvalue weighted by molar-refractivity contribution is 6.07. The molecule has 31 heavy (non-hydrogen) atoms. The minimum absolute atomic E-state index is 0.00727. The lowest BCUT2D eigenvalue weighted by atomic mass is 9.93. The van der Waals surface area contributed by atoms with Crippen LogP contribution in [-0.2, 0) is 16.1 Å². The number of carbonyl (C=O) groups is 2. The molecule has 6 nitrogen and oxygen atoms in total. The highest BCUT2D eigenvalue weighted by atomic mass is 16.5. The zero-order chi connectivity index (χ0) is 22.0. The molecule has 0 aliphatic carbocycles. The number of anilines is 2. The van der Waals surface area contributed by atoms with E-state index < -0.39 is 11.5 Å². The van der Waals surface area contributed by atoms with Gasteiger partial charge in [-0.2, -0.15) is 0 Å². The number of amides is 1. The first-order valence-corrected chi connectivity index (χ1v) is 10.0. The van der Waals surface area contributed by atoms with Crippen molar-refractivity contribution < 1.29 is 19.1 Å². The van der Waals surface area contributed by atoms with E-state index >= 15 is 0 Å². The molecule has 0 radical (unpaired) electrons. The summed E-state index contributed by atoms with van der Waals surface area (Å²) in [5.74, 6) is 0.0981. The van der Waals surface area contributed by atoms with Crippen LogP contribution in [0, 0.1) is 0 Å². The zero-order valence-electron chi connectivity index (χ0n) is 17.7. The van der Waals surface area contributed by atoms with Crippen molar-refractivity contribution in [2.75, 3.05) is 17.7 Å². The molecular formula is C25H24N2O4. The molecule has 3 aromatic carbocycles. The molecule has 158 valence electrons. The van der Waals surface area contributed by atoms with E-state index in [1.807, 2.05) is 56.3 Å². The first kappa shape index (κ1) is 20.5. The summed E-state index contributed by atoms with van der Waals surface area (Å²) in [7, 11) is 1.61. The van der Waals surface area contributed by atoms with Crippen molar-refractivity contribution >= 4 is 23.3 Å². The maximum absolute atomic E-state index is 12.7. The first-order valence-electron chi connectivity index (χ1n) is 10.0. The molecule has 2 N–H and O–H groups in total. The molecule has 0 unspecified atom stereocenters. The molecule has 1 heterocycles. The summed E-state index contributed by atoms with van der Waals surface area (Å²) in [5.41, 5.74) is 3.45. The van der Waals surface area contributed by atoms with Gasteiger partial charge in [0.2, 0.25) is 5.91 Å². The molecule has 4 rings (SSSR count). The Bertz CT molecular complexity index is 1140. The fourth-order valence-electron chi connectivity index (χ4n) is 3.62. The van der Waals surface area contributed by atoms with E-state index in [1.54, 1.807) is 31.4 Å². The number of esters is 1. The van der Waals surface area contributed by atoms with E-state index in [4.69, 9.17) is 9.47 Å². The van der Waals surface area contributed by atoms with Crippen LogP contribution in [0.25, 0.3) is 11.1 Å². The van der Waals surface area contributed by atoms with E-state index in [-0.39, 0.29) is 12.5 Å². The minimum Gasteiger partial charge on any atom is -0.496 e.